The Kier molecular flexibility index (Phi) is 3.78. The molecule has 0 spiro atoms. The predicted octanol–water partition coefficient (Wildman–Crippen LogP) is 0.945. The maximum absolute atomic E-state index is 11.6. The number of ether oxygens (including phenoxy) is 1. The Hall–Kier alpha value is -1.37. The normalized spacial score (nSPS) is 26.5. The molecule has 1 aromatic heterocycles. The van der Waals surface area contributed by atoms with Crippen LogP contribution in [0.1, 0.15) is 41.1 Å². The molecule has 1 aromatic rings. The zero-order chi connectivity index (χ0) is 14.1. The molecule has 1 aliphatic carbocycles. The lowest BCUT2D eigenvalue weighted by molar-refractivity contribution is -0.0606. The van der Waals surface area contributed by atoms with E-state index in [4.69, 9.17) is 15.0 Å². The summed E-state index contributed by atoms with van der Waals surface area (Å²) in [5, 5.41) is 0. The lowest BCUT2D eigenvalue weighted by Gasteiger charge is -2.37. The van der Waals surface area contributed by atoms with Gasteiger partial charge in [0.05, 0.1) is 19.3 Å². The second-order valence-electron chi connectivity index (χ2n) is 5.58. The van der Waals surface area contributed by atoms with E-state index in [2.05, 4.69) is 10.3 Å². The fraction of sp³-hybridized carbons (Fsp3) is 0.643. The number of hydrogen-bond donors (Lipinski definition) is 2. The first-order chi connectivity index (χ1) is 9.69. The number of aryl methyl sites for hydroxylation is 1. The number of nitrogen functional groups attached to an aromatic ring is 1. The van der Waals surface area contributed by atoms with Crippen LogP contribution in [0.15, 0.2) is 10.5 Å². The molecule has 0 aromatic carbocycles. The molecular formula is C14H21N3O3. The number of furan rings is 1. The standard InChI is InChI=1S/C14H21N3O3/c1-9-7-10(20-13(9)14(18)16-15)8-17-5-6-19-12-4-2-3-11(12)17/h7,11-12H,2-6,8,15H2,1H3,(H,16,18). The van der Waals surface area contributed by atoms with Crippen LogP contribution in [0, 0.1) is 6.92 Å². The van der Waals surface area contributed by atoms with Crippen LogP contribution < -0.4 is 11.3 Å². The number of nitrogens with two attached hydrogens (primary N) is 1. The number of nitrogens with one attached hydrogen (secondary N) is 1. The number of morpholine rings is 1. The van der Waals surface area contributed by atoms with Crippen LogP contribution in [0.3, 0.4) is 0 Å². The minimum Gasteiger partial charge on any atom is -0.454 e. The molecule has 1 saturated heterocycles. The van der Waals surface area contributed by atoms with E-state index in [1.54, 1.807) is 0 Å². The Morgan fingerprint density at radius 1 is 1.55 bits per heavy atom. The van der Waals surface area contributed by atoms with Crippen molar-refractivity contribution in [1.29, 1.82) is 0 Å². The predicted molar refractivity (Wildman–Crippen MR) is 72.9 cm³/mol. The van der Waals surface area contributed by atoms with Gasteiger partial charge in [0.15, 0.2) is 5.76 Å². The molecule has 110 valence electrons. The summed E-state index contributed by atoms with van der Waals surface area (Å²) in [6.07, 6.45) is 3.93. The third-order valence-corrected chi connectivity index (χ3v) is 4.26. The molecule has 6 nitrogen and oxygen atoms in total. The van der Waals surface area contributed by atoms with Crippen molar-refractivity contribution in [3.63, 3.8) is 0 Å². The maximum atomic E-state index is 11.6. The molecule has 2 heterocycles. The molecule has 2 unspecified atom stereocenters. The first-order valence-electron chi connectivity index (χ1n) is 7.15. The van der Waals surface area contributed by atoms with Gasteiger partial charge in [-0.15, -0.1) is 0 Å². The second kappa shape index (κ2) is 5.55. The van der Waals surface area contributed by atoms with Gasteiger partial charge in [0.25, 0.3) is 0 Å². The van der Waals surface area contributed by atoms with Crippen molar-refractivity contribution in [2.45, 2.75) is 44.9 Å². The monoisotopic (exact) mass is 279 g/mol. The average molecular weight is 279 g/mol. The highest BCUT2D eigenvalue weighted by Crippen LogP contribution is 2.31. The summed E-state index contributed by atoms with van der Waals surface area (Å²) in [4.78, 5) is 14.0. The fourth-order valence-corrected chi connectivity index (χ4v) is 3.32. The van der Waals surface area contributed by atoms with Crippen LogP contribution >= 0.6 is 0 Å². The van der Waals surface area contributed by atoms with Gasteiger partial charge in [-0.1, -0.05) is 0 Å². The molecule has 2 fully saturated rings. The van der Waals surface area contributed by atoms with Crippen LogP contribution in [0.25, 0.3) is 0 Å². The van der Waals surface area contributed by atoms with E-state index in [-0.39, 0.29) is 5.91 Å². The van der Waals surface area contributed by atoms with Crippen LogP contribution in [0.2, 0.25) is 0 Å². The number of nitrogens with zero attached hydrogens (tertiary/aromatic N) is 1. The van der Waals surface area contributed by atoms with E-state index in [1.807, 2.05) is 13.0 Å². The molecule has 1 aliphatic heterocycles. The molecule has 3 rings (SSSR count). The zero-order valence-electron chi connectivity index (χ0n) is 11.7. The summed E-state index contributed by atoms with van der Waals surface area (Å²) in [6, 6.07) is 2.41. The highest BCUT2D eigenvalue weighted by Gasteiger charge is 2.36. The summed E-state index contributed by atoms with van der Waals surface area (Å²) in [6.45, 7) is 4.27. The third-order valence-electron chi connectivity index (χ3n) is 4.26. The average Bonchev–Trinajstić information content (AvgIpc) is 3.05. The van der Waals surface area contributed by atoms with Gasteiger partial charge in [0.1, 0.15) is 5.76 Å². The second-order valence-corrected chi connectivity index (χ2v) is 5.58. The molecule has 2 atom stereocenters. The molecule has 6 heteroatoms. The van der Waals surface area contributed by atoms with Crippen LogP contribution in [0.5, 0.6) is 0 Å². The van der Waals surface area contributed by atoms with E-state index in [0.29, 0.717) is 17.9 Å². The van der Waals surface area contributed by atoms with Gasteiger partial charge in [-0.05, 0) is 32.3 Å². The number of fused-ring (bicyclic) bond motifs is 1. The molecule has 1 saturated carbocycles. The number of hydrazine groups is 1. The zero-order valence-corrected chi connectivity index (χ0v) is 11.7. The van der Waals surface area contributed by atoms with Crippen molar-refractivity contribution in [2.24, 2.45) is 5.84 Å². The molecule has 3 N–H and O–H groups in total. The number of amides is 1. The lowest BCUT2D eigenvalue weighted by Crippen LogP contribution is -2.47. The minimum atomic E-state index is -0.380. The molecule has 0 bridgehead atoms. The summed E-state index contributed by atoms with van der Waals surface area (Å²) in [5.74, 6) is 5.89. The Labute approximate surface area is 118 Å². The van der Waals surface area contributed by atoms with Gasteiger partial charge < -0.3 is 9.15 Å². The maximum Gasteiger partial charge on any atom is 0.301 e. The lowest BCUT2D eigenvalue weighted by atomic mass is 10.1. The number of rotatable bonds is 3. The van der Waals surface area contributed by atoms with Gasteiger partial charge in [-0.25, -0.2) is 5.84 Å². The van der Waals surface area contributed by atoms with Crippen LogP contribution in [-0.4, -0.2) is 36.1 Å². The van der Waals surface area contributed by atoms with Crippen molar-refractivity contribution < 1.29 is 13.9 Å². The number of carbonyl (C=O) groups is 1. The fourth-order valence-electron chi connectivity index (χ4n) is 3.32. The Balaban J connectivity index is 1.72. The molecule has 20 heavy (non-hydrogen) atoms. The Morgan fingerprint density at radius 3 is 3.20 bits per heavy atom. The minimum absolute atomic E-state index is 0.304. The first kappa shape index (κ1) is 13.6. The smallest absolute Gasteiger partial charge is 0.301 e. The Morgan fingerprint density at radius 2 is 2.40 bits per heavy atom. The van der Waals surface area contributed by atoms with Crippen LogP contribution in [0.4, 0.5) is 0 Å². The van der Waals surface area contributed by atoms with Gasteiger partial charge in [-0.2, -0.15) is 0 Å². The SMILES string of the molecule is Cc1cc(CN2CCOC3CCCC32)oc1C(=O)NN. The quantitative estimate of drug-likeness (QED) is 0.489. The van der Waals surface area contributed by atoms with E-state index in [0.717, 1.165) is 37.4 Å². The molecule has 2 aliphatic rings. The van der Waals surface area contributed by atoms with E-state index >= 15 is 0 Å². The Bertz CT molecular complexity index is 500. The largest absolute Gasteiger partial charge is 0.454 e. The van der Waals surface area contributed by atoms with Gasteiger partial charge in [0, 0.05) is 18.2 Å². The topological polar surface area (TPSA) is 80.7 Å². The van der Waals surface area contributed by atoms with E-state index in [9.17, 15) is 4.79 Å². The van der Waals surface area contributed by atoms with Crippen LogP contribution in [-0.2, 0) is 11.3 Å². The van der Waals surface area contributed by atoms with Crippen molar-refractivity contribution in [1.82, 2.24) is 10.3 Å². The summed E-state index contributed by atoms with van der Waals surface area (Å²) < 4.78 is 11.4. The van der Waals surface area contributed by atoms with Gasteiger partial charge in [-0.3, -0.25) is 15.1 Å². The number of hydrogen-bond acceptors (Lipinski definition) is 5. The highest BCUT2D eigenvalue weighted by atomic mass is 16.5. The van der Waals surface area contributed by atoms with Crippen molar-refractivity contribution in [3.8, 4) is 0 Å². The summed E-state index contributed by atoms with van der Waals surface area (Å²) in [5.41, 5.74) is 2.93. The molecule has 0 radical (unpaired) electrons. The first-order valence-corrected chi connectivity index (χ1v) is 7.15. The summed E-state index contributed by atoms with van der Waals surface area (Å²) in [7, 11) is 0. The highest BCUT2D eigenvalue weighted by molar-refractivity contribution is 5.92. The van der Waals surface area contributed by atoms with Crippen molar-refractivity contribution in [2.75, 3.05) is 13.2 Å². The molecular weight excluding hydrogens is 258 g/mol. The summed E-state index contributed by atoms with van der Waals surface area (Å²) >= 11 is 0. The van der Waals surface area contributed by atoms with Gasteiger partial charge >= 0.3 is 5.91 Å². The van der Waals surface area contributed by atoms with Crippen molar-refractivity contribution >= 4 is 5.91 Å². The van der Waals surface area contributed by atoms with E-state index in [1.165, 1.54) is 12.8 Å². The number of carbonyl (C=O) groups excluding carboxylic acids is 1. The van der Waals surface area contributed by atoms with E-state index < -0.39 is 0 Å². The van der Waals surface area contributed by atoms with Crippen molar-refractivity contribution in [3.05, 3.63) is 23.2 Å². The van der Waals surface area contributed by atoms with Gasteiger partial charge in [0.2, 0.25) is 0 Å². The molecule has 1 amide bonds. The third kappa shape index (κ3) is 2.46.